The number of aromatic nitrogens is 1. The van der Waals surface area contributed by atoms with E-state index in [1.54, 1.807) is 29.3 Å². The van der Waals surface area contributed by atoms with Crippen molar-refractivity contribution in [3.8, 4) is 0 Å². The summed E-state index contributed by atoms with van der Waals surface area (Å²) in [4.78, 5) is 45.8. The summed E-state index contributed by atoms with van der Waals surface area (Å²) in [6.45, 7) is 2.47. The Morgan fingerprint density at radius 1 is 1.15 bits per heavy atom. The van der Waals surface area contributed by atoms with Crippen LogP contribution in [-0.4, -0.2) is 78.6 Å². The second-order valence-corrected chi connectivity index (χ2v) is 10.2. The second-order valence-electron chi connectivity index (χ2n) is 9.83. The molecule has 1 aromatic heterocycles. The maximum absolute atomic E-state index is 13.8. The smallest absolute Gasteiger partial charge is 0.317 e. The number of nitrogens with one attached hydrogen (secondary N) is 2. The summed E-state index contributed by atoms with van der Waals surface area (Å²) in [5, 5.41) is 7.17. The summed E-state index contributed by atoms with van der Waals surface area (Å²) in [7, 11) is 1.54. The minimum atomic E-state index is -0.618. The molecule has 1 fully saturated rings. The van der Waals surface area contributed by atoms with Crippen LogP contribution in [0.4, 0.5) is 13.6 Å². The Labute approximate surface area is 241 Å². The lowest BCUT2D eigenvalue weighted by atomic mass is 10.1. The number of fused-ring (bicyclic) bond motifs is 1. The van der Waals surface area contributed by atoms with Gasteiger partial charge in [-0.05, 0) is 47.7 Å². The number of hydrogen-bond donors (Lipinski definition) is 2. The lowest BCUT2D eigenvalue weighted by Gasteiger charge is -2.30. The number of nitrogens with zero attached hydrogens (tertiary/aromatic N) is 3. The van der Waals surface area contributed by atoms with E-state index >= 15 is 0 Å². The van der Waals surface area contributed by atoms with Crippen molar-refractivity contribution in [2.24, 2.45) is 0 Å². The molecule has 2 N–H and O–H groups in total. The Morgan fingerprint density at radius 2 is 1.93 bits per heavy atom. The number of urea groups is 1. The van der Waals surface area contributed by atoms with E-state index in [0.29, 0.717) is 42.8 Å². The van der Waals surface area contributed by atoms with Crippen LogP contribution in [0.2, 0.25) is 5.02 Å². The summed E-state index contributed by atoms with van der Waals surface area (Å²) in [6.07, 6.45) is 1.83. The molecule has 1 aliphatic rings. The average Bonchev–Trinajstić information content (AvgIpc) is 2.97. The predicted octanol–water partition coefficient (Wildman–Crippen LogP) is 3.67. The van der Waals surface area contributed by atoms with Gasteiger partial charge in [0.05, 0.1) is 23.2 Å². The summed E-state index contributed by atoms with van der Waals surface area (Å²) in [5.41, 5.74) is 0.824. The van der Waals surface area contributed by atoms with E-state index in [4.69, 9.17) is 16.3 Å². The Morgan fingerprint density at radius 3 is 2.71 bits per heavy atom. The zero-order valence-electron chi connectivity index (χ0n) is 22.7. The van der Waals surface area contributed by atoms with Crippen LogP contribution < -0.4 is 10.6 Å². The summed E-state index contributed by atoms with van der Waals surface area (Å²) < 4.78 is 32.9. The summed E-state index contributed by atoms with van der Waals surface area (Å²) in [5.74, 6) is -1.60. The van der Waals surface area contributed by atoms with Gasteiger partial charge >= 0.3 is 12.0 Å². The topological polar surface area (TPSA) is 104 Å². The minimum absolute atomic E-state index is 0.0137. The van der Waals surface area contributed by atoms with Crippen LogP contribution in [0.25, 0.3) is 10.8 Å². The molecule has 12 heteroatoms. The first-order valence-electron chi connectivity index (χ1n) is 13.3. The third-order valence-corrected chi connectivity index (χ3v) is 7.42. The molecule has 4 rings (SSSR count). The number of hydrogen-bond acceptors (Lipinski definition) is 6. The van der Waals surface area contributed by atoms with Gasteiger partial charge in [-0.2, -0.15) is 0 Å². The molecular formula is C29H32ClF2N5O4. The zero-order chi connectivity index (χ0) is 29.4. The van der Waals surface area contributed by atoms with Gasteiger partial charge in [-0.15, -0.1) is 0 Å². The number of ether oxygens (including phenoxy) is 1. The molecule has 3 aromatic rings. The number of esters is 1. The molecule has 0 spiro atoms. The molecule has 1 aliphatic heterocycles. The van der Waals surface area contributed by atoms with Crippen molar-refractivity contribution in [3.05, 3.63) is 76.6 Å². The number of piperazine rings is 1. The molecule has 0 saturated carbocycles. The van der Waals surface area contributed by atoms with E-state index in [9.17, 15) is 23.2 Å². The van der Waals surface area contributed by atoms with Crippen molar-refractivity contribution in [1.82, 2.24) is 25.4 Å². The highest BCUT2D eigenvalue weighted by atomic mass is 35.5. The molecule has 3 amide bonds. The molecule has 41 heavy (non-hydrogen) atoms. The Bertz CT molecular complexity index is 1400. The fraction of sp³-hybridized carbons (Fsp3) is 0.379. The van der Waals surface area contributed by atoms with E-state index in [2.05, 4.69) is 15.6 Å². The fourth-order valence-corrected chi connectivity index (χ4v) is 4.73. The first-order chi connectivity index (χ1) is 19.7. The van der Waals surface area contributed by atoms with E-state index in [-0.39, 0.29) is 43.3 Å². The van der Waals surface area contributed by atoms with Crippen molar-refractivity contribution in [3.63, 3.8) is 0 Å². The third-order valence-electron chi connectivity index (χ3n) is 6.99. The number of amides is 3. The number of rotatable bonds is 10. The van der Waals surface area contributed by atoms with E-state index in [1.807, 2.05) is 0 Å². The second kappa shape index (κ2) is 14.2. The third kappa shape index (κ3) is 8.34. The Hall–Kier alpha value is -3.83. The SMILES string of the molecule is CN(C(=O)NCc1cccc(F)c1Cl)[C@@H](CCC(=O)N1CCNCC1)COC(=O)Cc1cc2cc(F)ccc2cn1. The van der Waals surface area contributed by atoms with E-state index < -0.39 is 29.7 Å². The first kappa shape index (κ1) is 30.1. The number of carbonyl (C=O) groups is 3. The van der Waals surface area contributed by atoms with Gasteiger partial charge in [-0.25, -0.2) is 13.6 Å². The number of pyridine rings is 1. The van der Waals surface area contributed by atoms with E-state index in [0.717, 1.165) is 5.39 Å². The highest BCUT2D eigenvalue weighted by molar-refractivity contribution is 6.31. The molecule has 1 saturated heterocycles. The van der Waals surface area contributed by atoms with Crippen molar-refractivity contribution < 1.29 is 27.9 Å². The van der Waals surface area contributed by atoms with Gasteiger partial charge in [0, 0.05) is 57.8 Å². The van der Waals surface area contributed by atoms with Crippen LogP contribution >= 0.6 is 11.6 Å². The lowest BCUT2D eigenvalue weighted by Crippen LogP contribution is -2.48. The fourth-order valence-electron chi connectivity index (χ4n) is 4.54. The molecule has 1 atom stereocenters. The number of halogens is 3. The van der Waals surface area contributed by atoms with Crippen LogP contribution in [0.1, 0.15) is 24.1 Å². The number of carbonyl (C=O) groups excluding carboxylic acids is 3. The highest BCUT2D eigenvalue weighted by Gasteiger charge is 2.25. The molecular weight excluding hydrogens is 556 g/mol. The van der Waals surface area contributed by atoms with Crippen molar-refractivity contribution in [2.45, 2.75) is 31.8 Å². The normalized spacial score (nSPS) is 14.0. The minimum Gasteiger partial charge on any atom is -0.463 e. The molecule has 218 valence electrons. The van der Waals surface area contributed by atoms with Crippen LogP contribution in [0.3, 0.4) is 0 Å². The van der Waals surface area contributed by atoms with Crippen LogP contribution in [-0.2, 0) is 27.3 Å². The Balaban J connectivity index is 1.38. The largest absolute Gasteiger partial charge is 0.463 e. The number of likely N-dealkylation sites (N-methyl/N-ethyl adjacent to an activating group) is 1. The van der Waals surface area contributed by atoms with Crippen LogP contribution in [0.5, 0.6) is 0 Å². The van der Waals surface area contributed by atoms with E-state index in [1.165, 1.54) is 36.2 Å². The molecule has 2 aromatic carbocycles. The standard InChI is InChI=1S/C29H32ClF2N5O4/c1-36(29(40)35-17-20-3-2-4-25(32)28(20)30)24(7-8-26(38)37-11-9-33-10-12-37)18-41-27(39)15-23-14-21-13-22(31)6-5-19(21)16-34-23/h2-6,13-14,16,24,33H,7-12,15,17-18H2,1H3,(H,35,40)/t24-/m0/s1. The monoisotopic (exact) mass is 587 g/mol. The summed E-state index contributed by atoms with van der Waals surface area (Å²) >= 11 is 6.00. The van der Waals surface area contributed by atoms with Gasteiger partial charge in [-0.1, -0.05) is 23.7 Å². The molecule has 0 radical (unpaired) electrons. The van der Waals surface area contributed by atoms with Crippen molar-refractivity contribution >= 4 is 40.3 Å². The maximum atomic E-state index is 13.8. The van der Waals surface area contributed by atoms with Gasteiger partial charge < -0.3 is 25.2 Å². The van der Waals surface area contributed by atoms with Crippen molar-refractivity contribution in [2.75, 3.05) is 39.8 Å². The van der Waals surface area contributed by atoms with Gasteiger partial charge in [-0.3, -0.25) is 14.6 Å². The molecule has 0 aliphatic carbocycles. The predicted molar refractivity (Wildman–Crippen MR) is 150 cm³/mol. The van der Waals surface area contributed by atoms with Gasteiger partial charge in [0.2, 0.25) is 5.91 Å². The maximum Gasteiger partial charge on any atom is 0.317 e. The Kier molecular flexibility index (Phi) is 10.4. The summed E-state index contributed by atoms with van der Waals surface area (Å²) in [6, 6.07) is 9.14. The van der Waals surface area contributed by atoms with Gasteiger partial charge in [0.25, 0.3) is 0 Å². The molecule has 9 nitrogen and oxygen atoms in total. The van der Waals surface area contributed by atoms with Crippen molar-refractivity contribution in [1.29, 1.82) is 0 Å². The average molecular weight is 588 g/mol. The molecule has 0 unspecified atom stereocenters. The molecule has 2 heterocycles. The molecule has 0 bridgehead atoms. The zero-order valence-corrected chi connectivity index (χ0v) is 23.4. The number of benzene rings is 2. The highest BCUT2D eigenvalue weighted by Crippen LogP contribution is 2.20. The lowest BCUT2D eigenvalue weighted by molar-refractivity contribution is -0.144. The first-order valence-corrected chi connectivity index (χ1v) is 13.7. The van der Waals surface area contributed by atoms with Gasteiger partial charge in [0.1, 0.15) is 18.2 Å². The van der Waals surface area contributed by atoms with Gasteiger partial charge in [0.15, 0.2) is 0 Å². The van der Waals surface area contributed by atoms with Crippen LogP contribution in [0, 0.1) is 11.6 Å². The van der Waals surface area contributed by atoms with Crippen LogP contribution in [0.15, 0.2) is 48.7 Å². The quantitative estimate of drug-likeness (QED) is 0.351.